The van der Waals surface area contributed by atoms with Gasteiger partial charge >= 0.3 is 17.1 Å². The van der Waals surface area contributed by atoms with Crippen molar-refractivity contribution in [3.63, 3.8) is 0 Å². The number of rotatable bonds is 3. The molecule has 0 aliphatic heterocycles. The van der Waals surface area contributed by atoms with E-state index in [1.807, 2.05) is 32.1 Å². The summed E-state index contributed by atoms with van der Waals surface area (Å²) in [7, 11) is -0.291. The zero-order valence-electron chi connectivity index (χ0n) is 14.4. The molecule has 2 saturated carbocycles. The van der Waals surface area contributed by atoms with Crippen molar-refractivity contribution in [3.8, 4) is 0 Å². The van der Waals surface area contributed by atoms with Crippen molar-refractivity contribution in [3.05, 3.63) is 63.4 Å². The predicted octanol–water partition coefficient (Wildman–Crippen LogP) is 5.34. The average Bonchev–Trinajstić information content (AvgIpc) is 3.01. The van der Waals surface area contributed by atoms with Gasteiger partial charge in [0.1, 0.15) is 0 Å². The van der Waals surface area contributed by atoms with Gasteiger partial charge in [-0.3, -0.25) is 0 Å². The van der Waals surface area contributed by atoms with Crippen LogP contribution in [0.3, 0.4) is 0 Å². The molecule has 2 rings (SSSR count). The van der Waals surface area contributed by atoms with Gasteiger partial charge < -0.3 is 4.43 Å². The molecule has 0 heterocycles. The fraction of sp³-hybridized carbons (Fsp3) is 0.389. The van der Waals surface area contributed by atoms with Crippen molar-refractivity contribution in [1.82, 2.24) is 0 Å². The van der Waals surface area contributed by atoms with Crippen LogP contribution in [0.15, 0.2) is 0 Å². The van der Waals surface area contributed by atoms with Gasteiger partial charge in [-0.25, -0.2) is 0 Å². The maximum absolute atomic E-state index is 6.22. The molecule has 0 aromatic rings. The first-order valence-electron chi connectivity index (χ1n) is 7.35. The van der Waals surface area contributed by atoms with E-state index in [-0.39, 0.29) is 22.5 Å². The molecule has 22 heavy (non-hydrogen) atoms. The van der Waals surface area contributed by atoms with Gasteiger partial charge in [0.05, 0.1) is 5.48 Å². The van der Waals surface area contributed by atoms with E-state index in [2.05, 4.69) is 66.1 Å². The van der Waals surface area contributed by atoms with Crippen LogP contribution in [0.2, 0.25) is 19.6 Å². The van der Waals surface area contributed by atoms with Gasteiger partial charge in [-0.2, -0.15) is 0 Å². The Balaban J connectivity index is 0.000000622. The Kier molecular flexibility index (Phi) is 11.1. The van der Waals surface area contributed by atoms with Crippen LogP contribution in [0.5, 0.6) is 0 Å². The Morgan fingerprint density at radius 1 is 0.864 bits per heavy atom. The minimum atomic E-state index is -1.51. The summed E-state index contributed by atoms with van der Waals surface area (Å²) in [6.45, 7) is 13.4. The summed E-state index contributed by atoms with van der Waals surface area (Å²) in [5.74, 6) is 0. The smallest absolute Gasteiger partial charge is 0.385 e. The Hall–Kier alpha value is 0.866. The van der Waals surface area contributed by atoms with Crippen LogP contribution in [-0.4, -0.2) is 13.8 Å². The molecule has 1 nitrogen and oxygen atoms in total. The molecule has 0 saturated heterocycles. The van der Waals surface area contributed by atoms with E-state index >= 15 is 0 Å². The maximum Gasteiger partial charge on any atom is 2.00 e. The monoisotopic (exact) mass is 374 g/mol. The van der Waals surface area contributed by atoms with E-state index in [1.165, 1.54) is 19.3 Å². The molecule has 0 aromatic heterocycles. The van der Waals surface area contributed by atoms with Gasteiger partial charge in [0.25, 0.3) is 0 Å². The molecule has 4 heteroatoms. The zero-order valence-corrected chi connectivity index (χ0v) is 17.4. The molecule has 0 atom stereocenters. The van der Waals surface area contributed by atoms with E-state index < -0.39 is 8.32 Å². The first-order valence-corrected chi connectivity index (χ1v) is 11.7. The molecule has 0 spiro atoms. The van der Waals surface area contributed by atoms with Crippen LogP contribution in [0.1, 0.15) is 20.8 Å². The molecule has 2 aliphatic carbocycles. The average molecular weight is 374 g/mol. The van der Waals surface area contributed by atoms with Gasteiger partial charge in [0.2, 0.25) is 0 Å². The number of hydrogen-bond donors (Lipinski definition) is 0. The zero-order chi connectivity index (χ0) is 15.9. The van der Waals surface area contributed by atoms with Crippen molar-refractivity contribution in [2.45, 2.75) is 40.4 Å². The summed E-state index contributed by atoms with van der Waals surface area (Å²) in [6.07, 6.45) is 18.5. The molecular weight excluding hydrogens is 347 g/mol. The second-order valence-electron chi connectivity index (χ2n) is 6.99. The molecule has 0 aromatic carbocycles. The fourth-order valence-electron chi connectivity index (χ4n) is 1.51. The van der Waals surface area contributed by atoms with E-state index in [0.29, 0.717) is 0 Å². The molecule has 0 amide bonds. The van der Waals surface area contributed by atoms with Crippen LogP contribution in [0, 0.1) is 68.9 Å². The third-order valence-electron chi connectivity index (χ3n) is 2.48. The molecule has 0 unspecified atom stereocenters. The summed E-state index contributed by atoms with van der Waals surface area (Å²) in [5, 5.41) is 0. The number of hydrogen-bond acceptors (Lipinski definition) is 1. The van der Waals surface area contributed by atoms with Crippen LogP contribution in [-0.2, 0) is 21.5 Å². The van der Waals surface area contributed by atoms with Gasteiger partial charge in [-0.15, -0.1) is 0 Å². The standard InChI is InChI=1S/C13H22OPSi.C5H5.Fe/c1-13(2,3)12(14-16(4,5)6)15-11-9-7-8-10-11;1-2-4-5-3-1;/h7-10H,1-6H3;1-5H;/q;;+2. The van der Waals surface area contributed by atoms with Gasteiger partial charge in [0.15, 0.2) is 8.32 Å². The van der Waals surface area contributed by atoms with Crippen LogP contribution in [0.4, 0.5) is 0 Å². The Labute approximate surface area is 152 Å². The largest absolute Gasteiger partial charge is 2.00 e. The summed E-state index contributed by atoms with van der Waals surface area (Å²) >= 11 is 0. The van der Waals surface area contributed by atoms with Crippen LogP contribution in [0.25, 0.3) is 0 Å². The summed E-state index contributed by atoms with van der Waals surface area (Å²) in [6, 6.07) is 0. The fourth-order valence-corrected chi connectivity index (χ4v) is 4.29. The minimum Gasteiger partial charge on any atom is -0.385 e. The van der Waals surface area contributed by atoms with Crippen molar-refractivity contribution < 1.29 is 21.5 Å². The Morgan fingerprint density at radius 2 is 1.27 bits per heavy atom. The van der Waals surface area contributed by atoms with Crippen molar-refractivity contribution in [2.24, 2.45) is 5.41 Å². The topological polar surface area (TPSA) is 9.23 Å². The Morgan fingerprint density at radius 3 is 1.59 bits per heavy atom. The second kappa shape index (κ2) is 10.7. The van der Waals surface area contributed by atoms with Crippen LogP contribution < -0.4 is 0 Å². The molecule has 0 bridgehead atoms. The molecule has 10 radical (unpaired) electrons. The first-order chi connectivity index (χ1) is 9.68. The van der Waals surface area contributed by atoms with E-state index in [0.717, 1.165) is 0 Å². The minimum absolute atomic E-state index is 0. The molecule has 0 N–H and O–H groups in total. The van der Waals surface area contributed by atoms with E-state index in [4.69, 9.17) is 4.43 Å². The van der Waals surface area contributed by atoms with E-state index in [1.54, 1.807) is 0 Å². The van der Waals surface area contributed by atoms with Crippen LogP contribution >= 0.6 is 8.20 Å². The van der Waals surface area contributed by atoms with Gasteiger partial charge in [-0.05, 0) is 77.4 Å². The SMILES string of the molecule is CC(C)(C)C(O[Si](C)(C)C)=P[C]1[CH][CH][CH][CH]1.[CH]1[CH][CH][CH][CH]1.[Fe+2]. The third kappa shape index (κ3) is 10.6. The van der Waals surface area contributed by atoms with Crippen molar-refractivity contribution >= 4 is 22.0 Å². The summed E-state index contributed by atoms with van der Waals surface area (Å²) in [5.41, 5.74) is 2.63. The molecular formula is C18H27FeOPSi+2. The molecule has 120 valence electrons. The van der Waals surface area contributed by atoms with Gasteiger partial charge in [-0.1, -0.05) is 29.0 Å². The summed E-state index contributed by atoms with van der Waals surface area (Å²) < 4.78 is 6.22. The van der Waals surface area contributed by atoms with E-state index in [9.17, 15) is 0 Å². The van der Waals surface area contributed by atoms with Crippen molar-refractivity contribution in [1.29, 1.82) is 0 Å². The second-order valence-corrected chi connectivity index (χ2v) is 12.6. The maximum atomic E-state index is 6.22. The predicted molar refractivity (Wildman–Crippen MR) is 97.8 cm³/mol. The first kappa shape index (κ1) is 22.9. The van der Waals surface area contributed by atoms with Crippen molar-refractivity contribution in [2.75, 3.05) is 0 Å². The normalized spacial score (nSPS) is 20.4. The quantitative estimate of drug-likeness (QED) is 0.479. The summed E-state index contributed by atoms with van der Waals surface area (Å²) in [4.78, 5) is 0. The molecule has 2 aliphatic rings. The third-order valence-corrected chi connectivity index (χ3v) is 4.99. The van der Waals surface area contributed by atoms with Gasteiger partial charge in [0, 0.05) is 11.1 Å². The Bertz CT molecular complexity index is 313. The molecule has 2 fully saturated rings.